The van der Waals surface area contributed by atoms with E-state index >= 15 is 0 Å². The first kappa shape index (κ1) is 9.74. The highest BCUT2D eigenvalue weighted by Gasteiger charge is 2.07. The Morgan fingerprint density at radius 2 is 2.21 bits per heavy atom. The van der Waals surface area contributed by atoms with Gasteiger partial charge in [0.1, 0.15) is 0 Å². The lowest BCUT2D eigenvalue weighted by atomic mass is 10.1. The molecule has 14 heavy (non-hydrogen) atoms. The van der Waals surface area contributed by atoms with Crippen LogP contribution in [0, 0.1) is 6.92 Å². The molecular weight excluding hydrogens is 240 g/mol. The van der Waals surface area contributed by atoms with Gasteiger partial charge in [-0.25, -0.2) is 0 Å². The summed E-state index contributed by atoms with van der Waals surface area (Å²) in [7, 11) is 1.96. The summed E-state index contributed by atoms with van der Waals surface area (Å²) in [6.45, 7) is 2.99. The first-order chi connectivity index (χ1) is 6.72. The third kappa shape index (κ3) is 1.57. The van der Waals surface area contributed by atoms with Gasteiger partial charge in [-0.05, 0) is 42.0 Å². The normalized spacial score (nSPS) is 11.1. The van der Waals surface area contributed by atoms with Gasteiger partial charge in [-0.3, -0.25) is 0 Å². The van der Waals surface area contributed by atoms with Crippen LogP contribution in [0.3, 0.4) is 0 Å². The van der Waals surface area contributed by atoms with Crippen LogP contribution in [0.25, 0.3) is 10.9 Å². The molecule has 0 amide bonds. The summed E-state index contributed by atoms with van der Waals surface area (Å²) in [4.78, 5) is 3.32. The summed E-state index contributed by atoms with van der Waals surface area (Å²) in [5, 5.41) is 4.47. The summed E-state index contributed by atoms with van der Waals surface area (Å²) >= 11 is 3.54. The lowest BCUT2D eigenvalue weighted by Crippen LogP contribution is -2.04. The molecule has 0 bridgehead atoms. The third-order valence-electron chi connectivity index (χ3n) is 2.36. The van der Waals surface area contributed by atoms with Crippen molar-refractivity contribution in [1.29, 1.82) is 0 Å². The highest BCUT2D eigenvalue weighted by atomic mass is 79.9. The molecule has 0 unspecified atom stereocenters. The van der Waals surface area contributed by atoms with Crippen LogP contribution in [0.1, 0.15) is 11.1 Å². The van der Waals surface area contributed by atoms with E-state index < -0.39 is 0 Å². The monoisotopic (exact) mass is 252 g/mol. The quantitative estimate of drug-likeness (QED) is 0.846. The maximum absolute atomic E-state index is 3.54. The van der Waals surface area contributed by atoms with Crippen LogP contribution in [0.15, 0.2) is 22.8 Å². The fraction of sp³-hybridized carbons (Fsp3) is 0.273. The summed E-state index contributed by atoms with van der Waals surface area (Å²) in [6.07, 6.45) is 0. The van der Waals surface area contributed by atoms with E-state index in [1.807, 2.05) is 7.05 Å². The van der Waals surface area contributed by atoms with E-state index in [0.717, 1.165) is 11.1 Å². The first-order valence-electron chi connectivity index (χ1n) is 4.63. The predicted octanol–water partition coefficient (Wildman–Crippen LogP) is 2.96. The molecule has 2 aromatic rings. The van der Waals surface area contributed by atoms with Gasteiger partial charge in [-0.2, -0.15) is 0 Å². The number of halogens is 1. The maximum atomic E-state index is 3.54. The second kappa shape index (κ2) is 3.75. The van der Waals surface area contributed by atoms with E-state index in [4.69, 9.17) is 0 Å². The summed E-state index contributed by atoms with van der Waals surface area (Å²) in [5.74, 6) is 0. The number of hydrogen-bond donors (Lipinski definition) is 2. The van der Waals surface area contributed by atoms with Crippen LogP contribution in [0.2, 0.25) is 0 Å². The van der Waals surface area contributed by atoms with Crippen molar-refractivity contribution in [1.82, 2.24) is 10.3 Å². The maximum Gasteiger partial charge on any atom is 0.0876 e. The van der Waals surface area contributed by atoms with E-state index in [9.17, 15) is 0 Å². The van der Waals surface area contributed by atoms with E-state index in [1.54, 1.807) is 0 Å². The second-order valence-electron chi connectivity index (χ2n) is 3.50. The number of aromatic nitrogens is 1. The van der Waals surface area contributed by atoms with E-state index in [1.165, 1.54) is 22.0 Å². The Hall–Kier alpha value is -0.800. The van der Waals surface area contributed by atoms with Crippen molar-refractivity contribution in [3.63, 3.8) is 0 Å². The highest BCUT2D eigenvalue weighted by molar-refractivity contribution is 9.10. The number of aromatic amines is 1. The smallest absolute Gasteiger partial charge is 0.0876 e. The van der Waals surface area contributed by atoms with Crippen molar-refractivity contribution in [2.75, 3.05) is 7.05 Å². The molecular formula is C11H13BrN2. The number of aryl methyl sites for hydroxylation is 1. The minimum absolute atomic E-state index is 0.879. The Morgan fingerprint density at radius 3 is 2.93 bits per heavy atom. The molecule has 0 aliphatic carbocycles. The number of H-pyrrole nitrogens is 1. The lowest BCUT2D eigenvalue weighted by Gasteiger charge is -1.99. The Labute approximate surface area is 91.8 Å². The minimum Gasteiger partial charge on any atom is -0.349 e. The predicted molar refractivity (Wildman–Crippen MR) is 63.5 cm³/mol. The zero-order valence-electron chi connectivity index (χ0n) is 8.32. The number of benzene rings is 1. The summed E-state index contributed by atoms with van der Waals surface area (Å²) in [6, 6.07) is 6.45. The van der Waals surface area contributed by atoms with Crippen LogP contribution in [-0.4, -0.2) is 12.0 Å². The molecule has 0 radical (unpaired) electrons. The van der Waals surface area contributed by atoms with Gasteiger partial charge in [0.25, 0.3) is 0 Å². The molecule has 0 aliphatic heterocycles. The van der Waals surface area contributed by atoms with Crippen LogP contribution >= 0.6 is 15.9 Å². The molecule has 0 aliphatic rings. The minimum atomic E-state index is 0.879. The molecule has 2 nitrogen and oxygen atoms in total. The fourth-order valence-electron chi connectivity index (χ4n) is 1.68. The van der Waals surface area contributed by atoms with Crippen LogP contribution in [0.5, 0.6) is 0 Å². The molecule has 0 spiro atoms. The largest absolute Gasteiger partial charge is 0.349 e. The average molecular weight is 253 g/mol. The highest BCUT2D eigenvalue weighted by Crippen LogP contribution is 2.26. The van der Waals surface area contributed by atoms with Crippen LogP contribution in [-0.2, 0) is 6.54 Å². The Kier molecular flexibility index (Phi) is 2.61. The van der Waals surface area contributed by atoms with Gasteiger partial charge < -0.3 is 10.3 Å². The Morgan fingerprint density at radius 1 is 1.43 bits per heavy atom. The first-order valence-corrected chi connectivity index (χ1v) is 5.43. The van der Waals surface area contributed by atoms with Crippen LogP contribution < -0.4 is 5.32 Å². The Balaban J connectivity index is 2.66. The molecule has 2 rings (SSSR count). The number of rotatable bonds is 2. The third-order valence-corrected chi connectivity index (χ3v) is 3.04. The SMILES string of the molecule is CNCc1c(Br)[nH]c2ccc(C)cc12. The van der Waals surface area contributed by atoms with Gasteiger partial charge in [-0.1, -0.05) is 11.6 Å². The van der Waals surface area contributed by atoms with E-state index in [-0.39, 0.29) is 0 Å². The van der Waals surface area contributed by atoms with Gasteiger partial charge in [0, 0.05) is 23.0 Å². The molecule has 1 heterocycles. The molecule has 3 heteroatoms. The van der Waals surface area contributed by atoms with E-state index in [0.29, 0.717) is 0 Å². The molecule has 0 saturated carbocycles. The van der Waals surface area contributed by atoms with Crippen molar-refractivity contribution in [3.05, 3.63) is 33.9 Å². The molecule has 74 valence electrons. The van der Waals surface area contributed by atoms with E-state index in [2.05, 4.69) is 51.4 Å². The summed E-state index contributed by atoms with van der Waals surface area (Å²) < 4.78 is 1.08. The summed E-state index contributed by atoms with van der Waals surface area (Å²) in [5.41, 5.74) is 3.78. The topological polar surface area (TPSA) is 27.8 Å². The van der Waals surface area contributed by atoms with Crippen molar-refractivity contribution in [2.24, 2.45) is 0 Å². The van der Waals surface area contributed by atoms with Gasteiger partial charge in [0.15, 0.2) is 0 Å². The molecule has 0 saturated heterocycles. The number of hydrogen-bond acceptors (Lipinski definition) is 1. The molecule has 1 aromatic carbocycles. The standard InChI is InChI=1S/C11H13BrN2/c1-7-3-4-10-8(5-7)9(6-13-2)11(12)14-10/h3-5,13-14H,6H2,1-2H3. The van der Waals surface area contributed by atoms with Crippen molar-refractivity contribution < 1.29 is 0 Å². The van der Waals surface area contributed by atoms with Crippen LogP contribution in [0.4, 0.5) is 0 Å². The van der Waals surface area contributed by atoms with Gasteiger partial charge in [-0.15, -0.1) is 0 Å². The fourth-order valence-corrected chi connectivity index (χ4v) is 2.25. The van der Waals surface area contributed by atoms with Gasteiger partial charge in [0.2, 0.25) is 0 Å². The molecule has 1 aromatic heterocycles. The van der Waals surface area contributed by atoms with Crippen molar-refractivity contribution in [3.8, 4) is 0 Å². The van der Waals surface area contributed by atoms with Gasteiger partial charge in [0.05, 0.1) is 4.60 Å². The van der Waals surface area contributed by atoms with Crippen molar-refractivity contribution >= 4 is 26.8 Å². The lowest BCUT2D eigenvalue weighted by molar-refractivity contribution is 0.819. The molecule has 0 atom stereocenters. The molecule has 2 N–H and O–H groups in total. The Bertz CT molecular complexity index is 460. The number of nitrogens with one attached hydrogen (secondary N) is 2. The zero-order chi connectivity index (χ0) is 10.1. The van der Waals surface area contributed by atoms with Crippen molar-refractivity contribution in [2.45, 2.75) is 13.5 Å². The number of fused-ring (bicyclic) bond motifs is 1. The second-order valence-corrected chi connectivity index (χ2v) is 4.29. The molecule has 0 fully saturated rings. The zero-order valence-corrected chi connectivity index (χ0v) is 9.90. The average Bonchev–Trinajstić information content (AvgIpc) is 2.45. The van der Waals surface area contributed by atoms with Gasteiger partial charge >= 0.3 is 0 Å².